The van der Waals surface area contributed by atoms with Crippen LogP contribution in [-0.4, -0.2) is 15.2 Å². The average molecular weight is 389 g/mol. The molecule has 1 aromatic heterocycles. The lowest BCUT2D eigenvalue weighted by atomic mass is 9.96. The monoisotopic (exact) mass is 388 g/mol. The van der Waals surface area contributed by atoms with Crippen LogP contribution in [0.4, 0.5) is 0 Å². The number of rotatable bonds is 8. The van der Waals surface area contributed by atoms with Gasteiger partial charge in [-0.25, -0.2) is 4.98 Å². The van der Waals surface area contributed by atoms with Crippen molar-refractivity contribution < 1.29 is 4.74 Å². The van der Waals surface area contributed by atoms with Crippen LogP contribution in [0.15, 0.2) is 67.3 Å². The van der Waals surface area contributed by atoms with Gasteiger partial charge in [0.1, 0.15) is 0 Å². The Labute approximate surface area is 164 Å². The van der Waals surface area contributed by atoms with Crippen LogP contribution >= 0.6 is 23.2 Å². The molecule has 2 aromatic carbocycles. The maximum atomic E-state index is 6.36. The fourth-order valence-corrected chi connectivity index (χ4v) is 3.11. The lowest BCUT2D eigenvalue weighted by Crippen LogP contribution is -2.34. The molecule has 0 saturated heterocycles. The Bertz CT molecular complexity index is 750. The van der Waals surface area contributed by atoms with Gasteiger partial charge in [-0.05, 0) is 55.2 Å². The van der Waals surface area contributed by atoms with Crippen molar-refractivity contribution in [1.29, 1.82) is 0 Å². The number of aromatic nitrogens is 2. The molecule has 3 rings (SSSR count). The highest BCUT2D eigenvalue weighted by Gasteiger charge is 2.26. The van der Waals surface area contributed by atoms with E-state index in [1.54, 1.807) is 6.20 Å². The first-order valence-electron chi connectivity index (χ1n) is 8.61. The standard InChI is InChI=1S/C21H22Cl2N2O/c1-21(15-25-13-12-24-16-25,11-10-17-2-6-19(22)7-3-17)26-14-18-4-8-20(23)9-5-18/h2-9,12-13,16H,10-11,14-15H2,1H3. The molecule has 0 saturated carbocycles. The van der Waals surface area contributed by atoms with Crippen molar-refractivity contribution in [3.8, 4) is 0 Å². The highest BCUT2D eigenvalue weighted by molar-refractivity contribution is 6.30. The molecule has 26 heavy (non-hydrogen) atoms. The summed E-state index contributed by atoms with van der Waals surface area (Å²) in [7, 11) is 0. The summed E-state index contributed by atoms with van der Waals surface area (Å²) in [5, 5.41) is 1.49. The van der Waals surface area contributed by atoms with Crippen LogP contribution in [0.5, 0.6) is 0 Å². The predicted octanol–water partition coefficient (Wildman–Crippen LogP) is 5.80. The van der Waals surface area contributed by atoms with Crippen LogP contribution in [0.2, 0.25) is 10.0 Å². The second-order valence-corrected chi connectivity index (χ2v) is 7.60. The normalized spacial score (nSPS) is 13.5. The Morgan fingerprint density at radius 1 is 0.962 bits per heavy atom. The fraction of sp³-hybridized carbons (Fsp3) is 0.286. The number of benzene rings is 2. The number of hydrogen-bond acceptors (Lipinski definition) is 2. The highest BCUT2D eigenvalue weighted by Crippen LogP contribution is 2.24. The summed E-state index contributed by atoms with van der Waals surface area (Å²) in [6, 6.07) is 15.8. The van der Waals surface area contributed by atoms with Crippen LogP contribution in [0.25, 0.3) is 0 Å². The van der Waals surface area contributed by atoms with E-state index in [2.05, 4.69) is 28.6 Å². The van der Waals surface area contributed by atoms with Crippen molar-refractivity contribution >= 4 is 23.2 Å². The van der Waals surface area contributed by atoms with Gasteiger partial charge in [-0.1, -0.05) is 47.5 Å². The Kier molecular flexibility index (Phi) is 6.36. The molecule has 0 aliphatic carbocycles. The summed E-state index contributed by atoms with van der Waals surface area (Å²) in [5.74, 6) is 0. The summed E-state index contributed by atoms with van der Waals surface area (Å²) >= 11 is 11.9. The molecule has 1 atom stereocenters. The third-order valence-corrected chi connectivity index (χ3v) is 4.94. The van der Waals surface area contributed by atoms with Gasteiger partial charge in [0.2, 0.25) is 0 Å². The number of halogens is 2. The topological polar surface area (TPSA) is 27.1 Å². The van der Waals surface area contributed by atoms with E-state index < -0.39 is 0 Å². The molecule has 0 N–H and O–H groups in total. The molecule has 0 bridgehead atoms. The number of aryl methyl sites for hydroxylation is 1. The van der Waals surface area contributed by atoms with Crippen molar-refractivity contribution in [3.05, 3.63) is 88.4 Å². The second kappa shape index (κ2) is 8.72. The Hall–Kier alpha value is -1.81. The highest BCUT2D eigenvalue weighted by atomic mass is 35.5. The SMILES string of the molecule is CC(CCc1ccc(Cl)cc1)(Cn1ccnc1)OCc1ccc(Cl)cc1. The smallest absolute Gasteiger partial charge is 0.0946 e. The van der Waals surface area contributed by atoms with E-state index in [0.29, 0.717) is 6.61 Å². The molecule has 0 aliphatic heterocycles. The quantitative estimate of drug-likeness (QED) is 0.487. The number of hydrogen-bond donors (Lipinski definition) is 0. The van der Waals surface area contributed by atoms with E-state index in [0.717, 1.165) is 35.0 Å². The maximum Gasteiger partial charge on any atom is 0.0946 e. The van der Waals surface area contributed by atoms with Gasteiger partial charge >= 0.3 is 0 Å². The molecule has 136 valence electrons. The first-order valence-corrected chi connectivity index (χ1v) is 9.37. The minimum atomic E-state index is -0.319. The van der Waals surface area contributed by atoms with Crippen LogP contribution in [0.3, 0.4) is 0 Å². The van der Waals surface area contributed by atoms with Gasteiger partial charge in [0.15, 0.2) is 0 Å². The van der Waals surface area contributed by atoms with Gasteiger partial charge in [-0.15, -0.1) is 0 Å². The third kappa shape index (κ3) is 5.60. The van der Waals surface area contributed by atoms with E-state index in [-0.39, 0.29) is 5.60 Å². The maximum absolute atomic E-state index is 6.36. The Morgan fingerprint density at radius 3 is 2.15 bits per heavy atom. The minimum absolute atomic E-state index is 0.319. The van der Waals surface area contributed by atoms with Gasteiger partial charge in [0.25, 0.3) is 0 Å². The van der Waals surface area contributed by atoms with Gasteiger partial charge in [-0.2, -0.15) is 0 Å². The third-order valence-electron chi connectivity index (χ3n) is 4.43. The van der Waals surface area contributed by atoms with Gasteiger partial charge < -0.3 is 9.30 Å². The van der Waals surface area contributed by atoms with E-state index >= 15 is 0 Å². The van der Waals surface area contributed by atoms with E-state index in [4.69, 9.17) is 27.9 Å². The number of imidazole rings is 1. The molecular weight excluding hydrogens is 367 g/mol. The molecule has 3 nitrogen and oxygen atoms in total. The summed E-state index contributed by atoms with van der Waals surface area (Å²) in [6.45, 7) is 3.44. The van der Waals surface area contributed by atoms with E-state index in [1.807, 2.05) is 48.9 Å². The molecule has 0 radical (unpaired) electrons. The lowest BCUT2D eigenvalue weighted by molar-refractivity contribution is -0.0602. The zero-order valence-corrected chi connectivity index (χ0v) is 16.2. The van der Waals surface area contributed by atoms with Crippen molar-refractivity contribution in [3.63, 3.8) is 0 Å². The number of nitrogens with zero attached hydrogens (tertiary/aromatic N) is 2. The second-order valence-electron chi connectivity index (χ2n) is 6.73. The van der Waals surface area contributed by atoms with Crippen molar-refractivity contribution in [1.82, 2.24) is 9.55 Å². The molecule has 3 aromatic rings. The zero-order valence-electron chi connectivity index (χ0n) is 14.7. The first-order chi connectivity index (χ1) is 12.5. The fourth-order valence-electron chi connectivity index (χ4n) is 2.86. The van der Waals surface area contributed by atoms with Crippen molar-refractivity contribution in [2.24, 2.45) is 0 Å². The van der Waals surface area contributed by atoms with Crippen molar-refractivity contribution in [2.75, 3.05) is 0 Å². The molecule has 0 amide bonds. The molecular formula is C21H22Cl2N2O. The first kappa shape index (κ1) is 19.0. The number of ether oxygens (including phenoxy) is 1. The summed E-state index contributed by atoms with van der Waals surface area (Å²) in [4.78, 5) is 4.14. The largest absolute Gasteiger partial charge is 0.369 e. The lowest BCUT2D eigenvalue weighted by Gasteiger charge is -2.30. The molecule has 0 spiro atoms. The Morgan fingerprint density at radius 2 is 1.58 bits per heavy atom. The molecule has 0 aliphatic rings. The molecule has 5 heteroatoms. The van der Waals surface area contributed by atoms with Crippen LogP contribution in [0.1, 0.15) is 24.5 Å². The summed E-state index contributed by atoms with van der Waals surface area (Å²) in [6.07, 6.45) is 7.39. The molecule has 1 heterocycles. The summed E-state index contributed by atoms with van der Waals surface area (Å²) < 4.78 is 8.42. The molecule has 0 fully saturated rings. The van der Waals surface area contributed by atoms with Gasteiger partial charge in [-0.3, -0.25) is 0 Å². The predicted molar refractivity (Wildman–Crippen MR) is 107 cm³/mol. The van der Waals surface area contributed by atoms with E-state index in [1.165, 1.54) is 5.56 Å². The zero-order chi connectivity index (χ0) is 18.4. The minimum Gasteiger partial charge on any atom is -0.369 e. The summed E-state index contributed by atoms with van der Waals surface area (Å²) in [5.41, 5.74) is 2.04. The average Bonchev–Trinajstić information content (AvgIpc) is 3.14. The van der Waals surface area contributed by atoms with Crippen LogP contribution in [-0.2, 0) is 24.3 Å². The van der Waals surface area contributed by atoms with Crippen LogP contribution < -0.4 is 0 Å². The van der Waals surface area contributed by atoms with E-state index in [9.17, 15) is 0 Å². The van der Waals surface area contributed by atoms with Gasteiger partial charge in [0, 0.05) is 22.4 Å². The van der Waals surface area contributed by atoms with Crippen LogP contribution in [0, 0.1) is 0 Å². The molecule has 1 unspecified atom stereocenters. The van der Waals surface area contributed by atoms with Crippen molar-refractivity contribution in [2.45, 2.75) is 38.5 Å². The Balaban J connectivity index is 1.68. The van der Waals surface area contributed by atoms with Gasteiger partial charge in [0.05, 0.1) is 25.1 Å².